The van der Waals surface area contributed by atoms with Crippen LogP contribution in [-0.2, 0) is 19.1 Å². The van der Waals surface area contributed by atoms with Crippen LogP contribution < -0.4 is 0 Å². The van der Waals surface area contributed by atoms with E-state index in [9.17, 15) is 18.0 Å². The Bertz CT molecular complexity index is 967. The molecule has 1 fully saturated rings. The van der Waals surface area contributed by atoms with E-state index in [4.69, 9.17) is 6.42 Å². The molecule has 0 N–H and O–H groups in total. The second kappa shape index (κ2) is 9.03. The van der Waals surface area contributed by atoms with Crippen LogP contribution in [0.2, 0.25) is 0 Å². The van der Waals surface area contributed by atoms with Gasteiger partial charge in [-0.3, -0.25) is 9.69 Å². The van der Waals surface area contributed by atoms with Crippen LogP contribution in [0.1, 0.15) is 38.2 Å². The van der Waals surface area contributed by atoms with Crippen molar-refractivity contribution in [2.75, 3.05) is 33.2 Å². The van der Waals surface area contributed by atoms with E-state index in [0.717, 1.165) is 37.8 Å². The van der Waals surface area contributed by atoms with E-state index in [2.05, 4.69) is 10.8 Å². The number of hydrogen-bond acceptors (Lipinski definition) is 3. The van der Waals surface area contributed by atoms with Gasteiger partial charge < -0.3 is 4.90 Å². The number of nitrogens with zero attached hydrogens (tertiary/aromatic N) is 2. The van der Waals surface area contributed by atoms with Crippen molar-refractivity contribution in [3.63, 3.8) is 0 Å². The Labute approximate surface area is 175 Å². The Morgan fingerprint density at radius 3 is 2.43 bits per heavy atom. The first kappa shape index (κ1) is 22.1. The van der Waals surface area contributed by atoms with Crippen molar-refractivity contribution >= 4 is 5.78 Å². The zero-order valence-corrected chi connectivity index (χ0v) is 17.2. The first-order valence-electron chi connectivity index (χ1n) is 9.87. The van der Waals surface area contributed by atoms with Gasteiger partial charge in [-0.05, 0) is 42.8 Å². The molecule has 2 aromatic rings. The summed E-state index contributed by atoms with van der Waals surface area (Å²) in [5.41, 5.74) is 1.81. The Morgan fingerprint density at radius 2 is 1.80 bits per heavy atom. The number of benzene rings is 2. The molecule has 0 atom stereocenters. The molecule has 6 heteroatoms. The van der Waals surface area contributed by atoms with Crippen LogP contribution >= 0.6 is 0 Å². The molecule has 0 bridgehead atoms. The number of ketones is 1. The summed E-state index contributed by atoms with van der Waals surface area (Å²) in [5, 5.41) is 0. The van der Waals surface area contributed by atoms with Crippen LogP contribution in [0.4, 0.5) is 13.2 Å². The number of alkyl halides is 3. The number of likely N-dealkylation sites (N-methyl/N-ethyl adjacent to an activating group) is 1. The van der Waals surface area contributed by atoms with Gasteiger partial charge in [0.05, 0.1) is 5.56 Å². The molecule has 0 aromatic heterocycles. The fourth-order valence-corrected chi connectivity index (χ4v) is 3.62. The highest BCUT2D eigenvalue weighted by Gasteiger charge is 2.34. The van der Waals surface area contributed by atoms with E-state index in [1.807, 2.05) is 18.9 Å². The number of aryl methyl sites for hydroxylation is 1. The summed E-state index contributed by atoms with van der Waals surface area (Å²) in [6.07, 6.45) is 0.871. The molecule has 1 heterocycles. The van der Waals surface area contributed by atoms with E-state index >= 15 is 0 Å². The molecule has 3 rings (SSSR count). The highest BCUT2D eigenvalue weighted by atomic mass is 19.4. The minimum Gasteiger partial charge on any atom is -0.304 e. The molecule has 0 radical (unpaired) electrons. The Hall–Kier alpha value is -2.62. The van der Waals surface area contributed by atoms with Crippen LogP contribution in [0, 0.1) is 19.3 Å². The Kier molecular flexibility index (Phi) is 6.64. The third-order valence-electron chi connectivity index (χ3n) is 5.55. The van der Waals surface area contributed by atoms with Gasteiger partial charge in [0.1, 0.15) is 0 Å². The lowest BCUT2D eigenvalue weighted by atomic mass is 9.96. The molecule has 0 saturated carbocycles. The summed E-state index contributed by atoms with van der Waals surface area (Å²) < 4.78 is 41.1. The minimum atomic E-state index is -4.47. The number of carbonyl (C=O) groups is 1. The summed E-state index contributed by atoms with van der Waals surface area (Å²) in [4.78, 5) is 16.8. The maximum Gasteiger partial charge on any atom is 0.416 e. The fourth-order valence-electron chi connectivity index (χ4n) is 3.62. The van der Waals surface area contributed by atoms with Gasteiger partial charge >= 0.3 is 6.18 Å². The zero-order chi connectivity index (χ0) is 21.9. The third kappa shape index (κ3) is 5.29. The minimum absolute atomic E-state index is 0.106. The largest absolute Gasteiger partial charge is 0.416 e. The number of rotatable bonds is 5. The first-order valence-corrected chi connectivity index (χ1v) is 9.87. The Morgan fingerprint density at radius 1 is 1.10 bits per heavy atom. The molecule has 30 heavy (non-hydrogen) atoms. The maximum atomic E-state index is 13.7. The lowest BCUT2D eigenvalue weighted by Crippen LogP contribution is -2.44. The van der Waals surface area contributed by atoms with Crippen LogP contribution in [0.25, 0.3) is 0 Å². The number of carbonyl (C=O) groups excluding carboxylic acids is 1. The molecule has 158 valence electrons. The quantitative estimate of drug-likeness (QED) is 0.542. The molecule has 1 aliphatic heterocycles. The first-order chi connectivity index (χ1) is 14.2. The molecule has 2 aromatic carbocycles. The summed E-state index contributed by atoms with van der Waals surface area (Å²) in [6, 6.07) is 9.26. The van der Waals surface area contributed by atoms with Gasteiger partial charge in [-0.15, -0.1) is 6.42 Å². The number of Topliss-reactive ketones (excluding diaryl/α,β-unsaturated/α-hetero) is 1. The lowest BCUT2D eigenvalue weighted by molar-refractivity contribution is -0.138. The topological polar surface area (TPSA) is 23.6 Å². The second-order valence-corrected chi connectivity index (χ2v) is 7.84. The SMILES string of the molecule is C#Cc1cc(C(=O)Cc2ccc(CN3CCN(C)CC3)c(C(F)(F)F)c2)ccc1C. The van der Waals surface area contributed by atoms with Gasteiger partial charge in [0.25, 0.3) is 0 Å². The van der Waals surface area contributed by atoms with Crippen molar-refractivity contribution in [2.45, 2.75) is 26.1 Å². The maximum absolute atomic E-state index is 13.7. The fraction of sp³-hybridized carbons (Fsp3) is 0.375. The number of halogens is 3. The van der Waals surface area contributed by atoms with E-state index in [1.165, 1.54) is 6.07 Å². The summed E-state index contributed by atoms with van der Waals surface area (Å²) in [5.74, 6) is 2.27. The molecule has 0 amide bonds. The summed E-state index contributed by atoms with van der Waals surface area (Å²) in [7, 11) is 2.00. The molecule has 1 saturated heterocycles. The Balaban J connectivity index is 1.81. The van der Waals surface area contributed by atoms with Crippen LogP contribution in [-0.4, -0.2) is 48.8 Å². The van der Waals surface area contributed by atoms with E-state index in [1.54, 1.807) is 24.3 Å². The second-order valence-electron chi connectivity index (χ2n) is 7.84. The molecular formula is C24H25F3N2O. The third-order valence-corrected chi connectivity index (χ3v) is 5.55. The van der Waals surface area contributed by atoms with E-state index in [-0.39, 0.29) is 24.3 Å². The van der Waals surface area contributed by atoms with E-state index < -0.39 is 11.7 Å². The molecular weight excluding hydrogens is 389 g/mol. The molecule has 0 unspecified atom stereocenters. The van der Waals surface area contributed by atoms with Crippen molar-refractivity contribution in [3.05, 3.63) is 69.8 Å². The molecule has 1 aliphatic rings. The smallest absolute Gasteiger partial charge is 0.304 e. The molecule has 0 spiro atoms. The van der Waals surface area contributed by atoms with Gasteiger partial charge in [0, 0.05) is 50.3 Å². The summed E-state index contributed by atoms with van der Waals surface area (Å²) in [6.45, 7) is 5.24. The average molecular weight is 414 g/mol. The normalized spacial score (nSPS) is 15.7. The highest BCUT2D eigenvalue weighted by Crippen LogP contribution is 2.33. The average Bonchev–Trinajstić information content (AvgIpc) is 2.70. The predicted molar refractivity (Wildman–Crippen MR) is 111 cm³/mol. The van der Waals surface area contributed by atoms with Gasteiger partial charge in [-0.2, -0.15) is 13.2 Å². The van der Waals surface area contributed by atoms with Gasteiger partial charge in [0.15, 0.2) is 5.78 Å². The van der Waals surface area contributed by atoms with Crippen molar-refractivity contribution in [1.82, 2.24) is 9.80 Å². The predicted octanol–water partition coefficient (Wildman–Crippen LogP) is 4.17. The van der Waals surface area contributed by atoms with Crippen LogP contribution in [0.5, 0.6) is 0 Å². The van der Waals surface area contributed by atoms with Crippen LogP contribution in [0.3, 0.4) is 0 Å². The van der Waals surface area contributed by atoms with Gasteiger partial charge in [0.2, 0.25) is 0 Å². The van der Waals surface area contributed by atoms with Crippen molar-refractivity contribution in [3.8, 4) is 12.3 Å². The molecule has 0 aliphatic carbocycles. The van der Waals surface area contributed by atoms with Crippen molar-refractivity contribution < 1.29 is 18.0 Å². The highest BCUT2D eigenvalue weighted by molar-refractivity contribution is 5.98. The number of piperazine rings is 1. The standard InChI is InChI=1S/C24H25F3N2O/c1-4-19-15-20(7-5-17(19)2)23(30)14-18-6-8-21(22(13-18)24(25,26)27)16-29-11-9-28(3)10-12-29/h1,5-8,13,15H,9-12,14,16H2,2-3H3. The number of terminal acetylenes is 1. The van der Waals surface area contributed by atoms with E-state index in [0.29, 0.717) is 16.7 Å². The summed E-state index contributed by atoms with van der Waals surface area (Å²) >= 11 is 0. The van der Waals surface area contributed by atoms with Crippen LogP contribution in [0.15, 0.2) is 36.4 Å². The van der Waals surface area contributed by atoms with Gasteiger partial charge in [-0.25, -0.2) is 0 Å². The monoisotopic (exact) mass is 414 g/mol. The lowest BCUT2D eigenvalue weighted by Gasteiger charge is -2.33. The zero-order valence-electron chi connectivity index (χ0n) is 17.2. The van der Waals surface area contributed by atoms with Gasteiger partial charge in [-0.1, -0.05) is 30.2 Å². The van der Waals surface area contributed by atoms with Crippen molar-refractivity contribution in [1.29, 1.82) is 0 Å². The number of hydrogen-bond donors (Lipinski definition) is 0. The van der Waals surface area contributed by atoms with Crippen molar-refractivity contribution in [2.24, 2.45) is 0 Å². The molecule has 3 nitrogen and oxygen atoms in total.